The summed E-state index contributed by atoms with van der Waals surface area (Å²) < 4.78 is 0. The predicted octanol–water partition coefficient (Wildman–Crippen LogP) is 1.17. The number of rotatable bonds is 5. The molecule has 0 saturated carbocycles. The normalized spacial score (nSPS) is 9.79. The van der Waals surface area contributed by atoms with Gasteiger partial charge in [-0.15, -0.1) is 17.9 Å². The molecule has 0 aliphatic carbocycles. The van der Waals surface area contributed by atoms with E-state index in [4.69, 9.17) is 0 Å². The molecule has 0 fully saturated rings. The Morgan fingerprint density at radius 3 is 3.14 bits per heavy atom. The molecule has 0 atom stereocenters. The quantitative estimate of drug-likeness (QED) is 0.567. The molecule has 1 aromatic rings. The number of hydrogen-bond acceptors (Lipinski definition) is 4. The van der Waals surface area contributed by atoms with Crippen LogP contribution in [0.1, 0.15) is 4.88 Å². The number of carbonyl (C=O) groups is 1. The number of aryl methyl sites for hydroxylation is 1. The third-order valence-corrected chi connectivity index (χ3v) is 2.27. The summed E-state index contributed by atoms with van der Waals surface area (Å²) in [6, 6.07) is 0. The van der Waals surface area contributed by atoms with Gasteiger partial charge in [0.05, 0.1) is 6.54 Å². The maximum atomic E-state index is 11.3. The van der Waals surface area contributed by atoms with E-state index in [2.05, 4.69) is 22.2 Å². The predicted molar refractivity (Wildman–Crippen MR) is 58.5 cm³/mol. The van der Waals surface area contributed by atoms with E-state index in [9.17, 15) is 4.79 Å². The van der Waals surface area contributed by atoms with Crippen LogP contribution in [0.5, 0.6) is 0 Å². The van der Waals surface area contributed by atoms with E-state index in [1.165, 1.54) is 11.3 Å². The molecular formula is C9H13N3OS. The maximum absolute atomic E-state index is 11.3. The highest BCUT2D eigenvalue weighted by Gasteiger charge is 2.03. The SMILES string of the molecule is C=CCNCC(=O)Nc1ncc(C)s1. The smallest absolute Gasteiger partial charge is 0.240 e. The van der Waals surface area contributed by atoms with Crippen LogP contribution < -0.4 is 10.6 Å². The summed E-state index contributed by atoms with van der Waals surface area (Å²) in [6.07, 6.45) is 3.44. The number of carbonyl (C=O) groups excluding carboxylic acids is 1. The van der Waals surface area contributed by atoms with Crippen LogP contribution in [0.3, 0.4) is 0 Å². The molecular weight excluding hydrogens is 198 g/mol. The minimum atomic E-state index is -0.0822. The monoisotopic (exact) mass is 211 g/mol. The Bertz CT molecular complexity index is 322. The summed E-state index contributed by atoms with van der Waals surface area (Å²) in [6.45, 7) is 6.40. The van der Waals surface area contributed by atoms with Crippen molar-refractivity contribution in [2.45, 2.75) is 6.92 Å². The fourth-order valence-electron chi connectivity index (χ4n) is 0.864. The van der Waals surface area contributed by atoms with Crippen LogP contribution in [-0.4, -0.2) is 24.0 Å². The molecule has 0 saturated heterocycles. The molecule has 1 amide bonds. The van der Waals surface area contributed by atoms with Crippen molar-refractivity contribution in [3.63, 3.8) is 0 Å². The second kappa shape index (κ2) is 5.51. The van der Waals surface area contributed by atoms with Crippen molar-refractivity contribution < 1.29 is 4.79 Å². The highest BCUT2D eigenvalue weighted by atomic mass is 32.1. The molecule has 0 unspecified atom stereocenters. The fraction of sp³-hybridized carbons (Fsp3) is 0.333. The number of nitrogens with zero attached hydrogens (tertiary/aromatic N) is 1. The Balaban J connectivity index is 2.30. The van der Waals surface area contributed by atoms with Gasteiger partial charge < -0.3 is 10.6 Å². The van der Waals surface area contributed by atoms with Crippen LogP contribution in [0.15, 0.2) is 18.9 Å². The van der Waals surface area contributed by atoms with Gasteiger partial charge in [-0.1, -0.05) is 6.08 Å². The van der Waals surface area contributed by atoms with Gasteiger partial charge in [0.25, 0.3) is 0 Å². The highest BCUT2D eigenvalue weighted by Crippen LogP contribution is 2.15. The molecule has 0 aromatic carbocycles. The molecule has 76 valence electrons. The first-order chi connectivity index (χ1) is 6.72. The van der Waals surface area contributed by atoms with Crippen molar-refractivity contribution in [3.8, 4) is 0 Å². The molecule has 1 heterocycles. The van der Waals surface area contributed by atoms with Crippen molar-refractivity contribution in [3.05, 3.63) is 23.7 Å². The van der Waals surface area contributed by atoms with Gasteiger partial charge in [-0.25, -0.2) is 4.98 Å². The standard InChI is InChI=1S/C9H13N3OS/c1-3-4-10-6-8(13)12-9-11-5-7(2)14-9/h3,5,10H,1,4,6H2,2H3,(H,11,12,13). The lowest BCUT2D eigenvalue weighted by Gasteiger charge is -2.01. The minimum Gasteiger partial charge on any atom is -0.305 e. The van der Waals surface area contributed by atoms with Crippen molar-refractivity contribution in [2.75, 3.05) is 18.4 Å². The minimum absolute atomic E-state index is 0.0822. The second-order valence-electron chi connectivity index (χ2n) is 2.74. The largest absolute Gasteiger partial charge is 0.305 e. The molecule has 0 radical (unpaired) electrons. The number of aromatic nitrogens is 1. The van der Waals surface area contributed by atoms with E-state index in [0.29, 0.717) is 11.7 Å². The third-order valence-electron chi connectivity index (χ3n) is 1.44. The lowest BCUT2D eigenvalue weighted by molar-refractivity contribution is -0.115. The van der Waals surface area contributed by atoms with Gasteiger partial charge in [-0.3, -0.25) is 4.79 Å². The molecule has 14 heavy (non-hydrogen) atoms. The molecule has 5 heteroatoms. The van der Waals surface area contributed by atoms with Crippen molar-refractivity contribution in [1.82, 2.24) is 10.3 Å². The van der Waals surface area contributed by atoms with Crippen LogP contribution in [0, 0.1) is 6.92 Å². The summed E-state index contributed by atoms with van der Waals surface area (Å²) >= 11 is 1.46. The molecule has 0 spiro atoms. The zero-order valence-corrected chi connectivity index (χ0v) is 8.86. The summed E-state index contributed by atoms with van der Waals surface area (Å²) in [5.74, 6) is -0.0822. The number of amides is 1. The average Bonchev–Trinajstić information content (AvgIpc) is 2.52. The molecule has 0 aliphatic heterocycles. The molecule has 0 aliphatic rings. The Labute approximate surface area is 87.1 Å². The van der Waals surface area contributed by atoms with Crippen molar-refractivity contribution in [2.24, 2.45) is 0 Å². The molecule has 2 N–H and O–H groups in total. The first-order valence-corrected chi connectivity index (χ1v) is 5.08. The Kier molecular flexibility index (Phi) is 4.28. The summed E-state index contributed by atoms with van der Waals surface area (Å²) in [4.78, 5) is 16.4. The lowest BCUT2D eigenvalue weighted by Crippen LogP contribution is -2.27. The zero-order valence-electron chi connectivity index (χ0n) is 8.04. The zero-order chi connectivity index (χ0) is 10.4. The second-order valence-corrected chi connectivity index (χ2v) is 3.98. The summed E-state index contributed by atoms with van der Waals surface area (Å²) in [5.41, 5.74) is 0. The number of nitrogens with one attached hydrogen (secondary N) is 2. The van der Waals surface area contributed by atoms with Crippen LogP contribution in [0.25, 0.3) is 0 Å². The van der Waals surface area contributed by atoms with Crippen LogP contribution in [0.2, 0.25) is 0 Å². The van der Waals surface area contributed by atoms with Gasteiger partial charge in [0, 0.05) is 17.6 Å². The van der Waals surface area contributed by atoms with Gasteiger partial charge in [0.15, 0.2) is 5.13 Å². The van der Waals surface area contributed by atoms with Gasteiger partial charge in [0.1, 0.15) is 0 Å². The first kappa shape index (κ1) is 10.9. The number of anilines is 1. The van der Waals surface area contributed by atoms with Gasteiger partial charge in [0.2, 0.25) is 5.91 Å². The van der Waals surface area contributed by atoms with Gasteiger partial charge >= 0.3 is 0 Å². The molecule has 1 rings (SSSR count). The summed E-state index contributed by atoms with van der Waals surface area (Å²) in [5, 5.41) is 6.25. The Morgan fingerprint density at radius 1 is 1.79 bits per heavy atom. The maximum Gasteiger partial charge on any atom is 0.240 e. The summed E-state index contributed by atoms with van der Waals surface area (Å²) in [7, 11) is 0. The van der Waals surface area contributed by atoms with E-state index in [1.54, 1.807) is 12.3 Å². The highest BCUT2D eigenvalue weighted by molar-refractivity contribution is 7.15. The fourth-order valence-corrected chi connectivity index (χ4v) is 1.54. The molecule has 1 aromatic heterocycles. The van der Waals surface area contributed by atoms with E-state index < -0.39 is 0 Å². The van der Waals surface area contributed by atoms with E-state index in [0.717, 1.165) is 4.88 Å². The topological polar surface area (TPSA) is 54.0 Å². The van der Waals surface area contributed by atoms with Crippen molar-refractivity contribution >= 4 is 22.4 Å². The lowest BCUT2D eigenvalue weighted by atomic mass is 10.5. The van der Waals surface area contributed by atoms with Crippen LogP contribution in [-0.2, 0) is 4.79 Å². The van der Waals surface area contributed by atoms with Gasteiger partial charge in [-0.2, -0.15) is 0 Å². The van der Waals surface area contributed by atoms with E-state index >= 15 is 0 Å². The van der Waals surface area contributed by atoms with Gasteiger partial charge in [-0.05, 0) is 6.92 Å². The third kappa shape index (κ3) is 3.68. The molecule has 0 bridgehead atoms. The number of thiazole rings is 1. The van der Waals surface area contributed by atoms with Crippen LogP contribution >= 0.6 is 11.3 Å². The Hall–Kier alpha value is -1.20. The van der Waals surface area contributed by atoms with E-state index in [1.807, 2.05) is 6.92 Å². The van der Waals surface area contributed by atoms with E-state index in [-0.39, 0.29) is 12.5 Å². The number of hydrogen-bond donors (Lipinski definition) is 2. The van der Waals surface area contributed by atoms with Crippen LogP contribution in [0.4, 0.5) is 5.13 Å². The average molecular weight is 211 g/mol. The van der Waals surface area contributed by atoms with Crippen molar-refractivity contribution in [1.29, 1.82) is 0 Å². The molecule has 4 nitrogen and oxygen atoms in total. The first-order valence-electron chi connectivity index (χ1n) is 4.26. The Morgan fingerprint density at radius 2 is 2.57 bits per heavy atom.